The van der Waals surface area contributed by atoms with Crippen LogP contribution in [0, 0.1) is 0 Å². The molecule has 0 atom stereocenters. The molecule has 0 aromatic heterocycles. The highest BCUT2D eigenvalue weighted by Gasteiger charge is 2.16. The van der Waals surface area contributed by atoms with Crippen LogP contribution in [0.25, 0.3) is 0 Å². The molecule has 0 bridgehead atoms. The van der Waals surface area contributed by atoms with Crippen LogP contribution in [0.1, 0.15) is 31.8 Å². The van der Waals surface area contributed by atoms with Crippen molar-refractivity contribution in [1.29, 1.82) is 0 Å². The minimum Gasteiger partial charge on any atom is -0.496 e. The van der Waals surface area contributed by atoms with Gasteiger partial charge in [-0.25, -0.2) is 4.79 Å². The third-order valence-electron chi connectivity index (χ3n) is 4.77. The average molecular weight is 417 g/mol. The SMILES string of the molecule is COc1ccccc1CN(C)C(=O)COC(=O)c1ccc(C(=O)c2ccccc2)cc1. The van der Waals surface area contributed by atoms with E-state index in [0.29, 0.717) is 23.4 Å². The van der Waals surface area contributed by atoms with Crippen molar-refractivity contribution in [1.82, 2.24) is 4.90 Å². The fourth-order valence-electron chi connectivity index (χ4n) is 3.01. The quantitative estimate of drug-likeness (QED) is 0.412. The van der Waals surface area contributed by atoms with Gasteiger partial charge in [0.1, 0.15) is 5.75 Å². The number of esters is 1. The van der Waals surface area contributed by atoms with E-state index in [1.807, 2.05) is 30.3 Å². The fraction of sp³-hybridized carbons (Fsp3) is 0.160. The normalized spacial score (nSPS) is 10.3. The zero-order valence-electron chi connectivity index (χ0n) is 17.4. The third-order valence-corrected chi connectivity index (χ3v) is 4.77. The van der Waals surface area contributed by atoms with E-state index in [2.05, 4.69) is 0 Å². The number of amides is 1. The first-order chi connectivity index (χ1) is 15.0. The summed E-state index contributed by atoms with van der Waals surface area (Å²) >= 11 is 0. The number of nitrogens with zero attached hydrogens (tertiary/aromatic N) is 1. The van der Waals surface area contributed by atoms with E-state index in [1.165, 1.54) is 17.0 Å². The van der Waals surface area contributed by atoms with E-state index in [-0.39, 0.29) is 23.9 Å². The first kappa shape index (κ1) is 21.8. The van der Waals surface area contributed by atoms with Crippen LogP contribution >= 0.6 is 0 Å². The van der Waals surface area contributed by atoms with Gasteiger partial charge >= 0.3 is 5.97 Å². The van der Waals surface area contributed by atoms with Crippen molar-refractivity contribution in [2.45, 2.75) is 6.54 Å². The maximum Gasteiger partial charge on any atom is 0.338 e. The second-order valence-corrected chi connectivity index (χ2v) is 6.91. The first-order valence-electron chi connectivity index (χ1n) is 9.72. The van der Waals surface area contributed by atoms with Gasteiger partial charge in [0.25, 0.3) is 5.91 Å². The predicted molar refractivity (Wildman–Crippen MR) is 116 cm³/mol. The van der Waals surface area contributed by atoms with E-state index in [0.717, 1.165) is 5.56 Å². The standard InChI is InChI=1S/C25H23NO5/c1-26(16-21-10-6-7-11-22(21)30-2)23(27)17-31-25(29)20-14-12-19(13-15-20)24(28)18-8-4-3-5-9-18/h3-15H,16-17H2,1-2H3. The van der Waals surface area contributed by atoms with Gasteiger partial charge in [0.2, 0.25) is 0 Å². The lowest BCUT2D eigenvalue weighted by atomic mass is 10.0. The molecule has 3 aromatic carbocycles. The summed E-state index contributed by atoms with van der Waals surface area (Å²) in [5.41, 5.74) is 2.16. The van der Waals surface area contributed by atoms with Crippen LogP contribution in [0.4, 0.5) is 0 Å². The highest BCUT2D eigenvalue weighted by atomic mass is 16.5. The van der Waals surface area contributed by atoms with Gasteiger partial charge in [-0.2, -0.15) is 0 Å². The van der Waals surface area contributed by atoms with Gasteiger partial charge in [-0.1, -0.05) is 60.7 Å². The van der Waals surface area contributed by atoms with Crippen LogP contribution in [0.5, 0.6) is 5.75 Å². The van der Waals surface area contributed by atoms with E-state index in [4.69, 9.17) is 9.47 Å². The molecule has 0 heterocycles. The highest BCUT2D eigenvalue weighted by molar-refractivity contribution is 6.09. The Balaban J connectivity index is 1.55. The smallest absolute Gasteiger partial charge is 0.338 e. The van der Waals surface area contributed by atoms with Crippen LogP contribution in [-0.4, -0.2) is 43.3 Å². The van der Waals surface area contributed by atoms with Crippen molar-refractivity contribution in [2.24, 2.45) is 0 Å². The predicted octanol–water partition coefficient (Wildman–Crippen LogP) is 3.74. The molecule has 3 rings (SSSR count). The van der Waals surface area contributed by atoms with Crippen LogP contribution in [0.2, 0.25) is 0 Å². The zero-order valence-corrected chi connectivity index (χ0v) is 17.4. The number of ketones is 1. The van der Waals surface area contributed by atoms with Crippen LogP contribution in [0.3, 0.4) is 0 Å². The molecule has 31 heavy (non-hydrogen) atoms. The fourth-order valence-corrected chi connectivity index (χ4v) is 3.01. The summed E-state index contributed by atoms with van der Waals surface area (Å²) in [7, 11) is 3.20. The number of ether oxygens (including phenoxy) is 2. The molecule has 6 nitrogen and oxygen atoms in total. The van der Waals surface area contributed by atoms with Gasteiger partial charge in [-0.15, -0.1) is 0 Å². The Bertz CT molecular complexity index is 1060. The van der Waals surface area contributed by atoms with Crippen molar-refractivity contribution >= 4 is 17.7 Å². The van der Waals surface area contributed by atoms with Crippen molar-refractivity contribution in [2.75, 3.05) is 20.8 Å². The average Bonchev–Trinajstić information content (AvgIpc) is 2.82. The highest BCUT2D eigenvalue weighted by Crippen LogP contribution is 2.19. The minimum absolute atomic E-state index is 0.131. The number of carbonyl (C=O) groups excluding carboxylic acids is 3. The molecule has 6 heteroatoms. The Morgan fingerprint density at radius 1 is 0.774 bits per heavy atom. The summed E-state index contributed by atoms with van der Waals surface area (Å²) in [6.07, 6.45) is 0. The summed E-state index contributed by atoms with van der Waals surface area (Å²) in [6.45, 7) is -0.0497. The molecule has 3 aromatic rings. The summed E-state index contributed by atoms with van der Waals surface area (Å²) in [5.74, 6) is -0.411. The summed E-state index contributed by atoms with van der Waals surface area (Å²) in [4.78, 5) is 38.5. The molecular weight excluding hydrogens is 394 g/mol. The number of benzene rings is 3. The Labute approximate surface area is 181 Å². The first-order valence-corrected chi connectivity index (χ1v) is 9.72. The number of likely N-dealkylation sites (N-methyl/N-ethyl adjacent to an activating group) is 1. The van der Waals surface area contributed by atoms with Gasteiger partial charge in [0, 0.05) is 30.3 Å². The zero-order chi connectivity index (χ0) is 22.2. The van der Waals surface area contributed by atoms with Crippen LogP contribution in [0.15, 0.2) is 78.9 Å². The largest absolute Gasteiger partial charge is 0.496 e. The number of para-hydroxylation sites is 1. The topological polar surface area (TPSA) is 72.9 Å². The monoisotopic (exact) mass is 417 g/mol. The summed E-state index contributed by atoms with van der Waals surface area (Å²) < 4.78 is 10.4. The van der Waals surface area contributed by atoms with Gasteiger partial charge in [0.15, 0.2) is 12.4 Å². The number of hydrogen-bond donors (Lipinski definition) is 0. The molecule has 1 amide bonds. The Hall–Kier alpha value is -3.93. The Kier molecular flexibility index (Phi) is 7.17. The molecule has 0 aliphatic carbocycles. The van der Waals surface area contributed by atoms with Gasteiger partial charge in [-0.05, 0) is 18.2 Å². The van der Waals surface area contributed by atoms with Crippen molar-refractivity contribution in [3.63, 3.8) is 0 Å². The number of rotatable bonds is 8. The van der Waals surface area contributed by atoms with Crippen molar-refractivity contribution in [3.05, 3.63) is 101 Å². The van der Waals surface area contributed by atoms with E-state index in [9.17, 15) is 14.4 Å². The lowest BCUT2D eigenvalue weighted by Gasteiger charge is -2.18. The van der Waals surface area contributed by atoms with Gasteiger partial charge < -0.3 is 14.4 Å². The lowest BCUT2D eigenvalue weighted by Crippen LogP contribution is -2.31. The molecule has 0 fully saturated rings. The summed E-state index contributed by atoms with van der Waals surface area (Å²) in [6, 6.07) is 22.5. The number of methoxy groups -OCH3 is 1. The molecule has 158 valence electrons. The molecule has 0 unspecified atom stereocenters. The molecule has 0 spiro atoms. The molecule has 0 saturated carbocycles. The van der Waals surface area contributed by atoms with E-state index in [1.54, 1.807) is 50.6 Å². The lowest BCUT2D eigenvalue weighted by molar-refractivity contribution is -0.133. The minimum atomic E-state index is -0.627. The molecule has 0 saturated heterocycles. The van der Waals surface area contributed by atoms with Crippen LogP contribution in [-0.2, 0) is 16.1 Å². The number of hydrogen-bond acceptors (Lipinski definition) is 5. The molecule has 0 N–H and O–H groups in total. The third kappa shape index (κ3) is 5.57. The molecule has 0 aliphatic heterocycles. The molecule has 0 aliphatic rings. The second-order valence-electron chi connectivity index (χ2n) is 6.91. The van der Waals surface area contributed by atoms with Crippen molar-refractivity contribution in [3.8, 4) is 5.75 Å². The Morgan fingerprint density at radius 2 is 1.35 bits per heavy atom. The Morgan fingerprint density at radius 3 is 2.03 bits per heavy atom. The van der Waals surface area contributed by atoms with Gasteiger partial charge in [0.05, 0.1) is 12.7 Å². The number of carbonyl (C=O) groups is 3. The van der Waals surface area contributed by atoms with Crippen molar-refractivity contribution < 1.29 is 23.9 Å². The maximum atomic E-state index is 12.4. The summed E-state index contributed by atoms with van der Waals surface area (Å²) in [5, 5.41) is 0. The second kappa shape index (κ2) is 10.2. The molecular formula is C25H23NO5. The van der Waals surface area contributed by atoms with E-state index < -0.39 is 5.97 Å². The van der Waals surface area contributed by atoms with E-state index >= 15 is 0 Å². The maximum absolute atomic E-state index is 12.4. The molecule has 0 radical (unpaired) electrons. The van der Waals surface area contributed by atoms with Gasteiger partial charge in [-0.3, -0.25) is 9.59 Å². The van der Waals surface area contributed by atoms with Crippen LogP contribution < -0.4 is 4.74 Å².